The maximum absolute atomic E-state index is 12.5. The van der Waals surface area contributed by atoms with Crippen molar-refractivity contribution in [3.05, 3.63) is 33.5 Å². The topological polar surface area (TPSA) is 54.0 Å². The lowest BCUT2D eigenvalue weighted by molar-refractivity contribution is 0.228. The lowest BCUT2D eigenvalue weighted by Crippen LogP contribution is -2.05. The van der Waals surface area contributed by atoms with Gasteiger partial charge in [-0.1, -0.05) is 0 Å². The van der Waals surface area contributed by atoms with Crippen LogP contribution in [0.2, 0.25) is 0 Å². The lowest BCUT2D eigenvalue weighted by Gasteiger charge is -2.21. The van der Waals surface area contributed by atoms with Gasteiger partial charge in [-0.15, -0.1) is 0 Å². The first-order chi connectivity index (χ1) is 9.49. The van der Waals surface area contributed by atoms with Crippen molar-refractivity contribution in [2.75, 3.05) is 27.4 Å². The summed E-state index contributed by atoms with van der Waals surface area (Å²) in [5.41, 5.74) is 0.720. The summed E-state index contributed by atoms with van der Waals surface area (Å²) in [6, 6.07) is 0. The molecule has 0 saturated heterocycles. The second-order valence-electron chi connectivity index (χ2n) is 3.89. The summed E-state index contributed by atoms with van der Waals surface area (Å²) >= 11 is 3.40. The fourth-order valence-corrected chi connectivity index (χ4v) is 3.82. The third kappa shape index (κ3) is 4.48. The first kappa shape index (κ1) is 17.5. The van der Waals surface area contributed by atoms with Gasteiger partial charge in [0.25, 0.3) is 0 Å². The second-order valence-corrected chi connectivity index (χ2v) is 6.60. The maximum atomic E-state index is 12.5. The van der Waals surface area contributed by atoms with E-state index in [0.29, 0.717) is 25.4 Å². The Morgan fingerprint density at radius 1 is 1.25 bits per heavy atom. The Labute approximate surface area is 128 Å². The van der Waals surface area contributed by atoms with E-state index in [1.807, 2.05) is 0 Å². The van der Waals surface area contributed by atoms with Crippen LogP contribution in [-0.4, -0.2) is 27.4 Å². The van der Waals surface area contributed by atoms with Crippen molar-refractivity contribution < 1.29 is 23.1 Å². The first-order valence-corrected chi connectivity index (χ1v) is 8.69. The molecule has 0 unspecified atom stereocenters. The van der Waals surface area contributed by atoms with Gasteiger partial charge in [0, 0.05) is 17.8 Å². The summed E-state index contributed by atoms with van der Waals surface area (Å²) in [6.45, 7) is 4.16. The third-order valence-corrected chi connectivity index (χ3v) is 5.13. The van der Waals surface area contributed by atoms with Gasteiger partial charge < -0.3 is 18.5 Å². The lowest BCUT2D eigenvalue weighted by atomic mass is 10.1. The van der Waals surface area contributed by atoms with E-state index in [-0.39, 0.29) is 0 Å². The molecular weight excluding hydrogens is 347 g/mol. The summed E-state index contributed by atoms with van der Waals surface area (Å²) in [5.74, 6) is 2.85. The predicted molar refractivity (Wildman–Crippen MR) is 81.6 cm³/mol. The summed E-state index contributed by atoms with van der Waals surface area (Å²) in [7, 11) is -0.124. The van der Waals surface area contributed by atoms with Crippen molar-refractivity contribution >= 4 is 23.5 Å². The highest BCUT2D eigenvalue weighted by molar-refractivity contribution is 9.11. The van der Waals surface area contributed by atoms with Gasteiger partial charge in [-0.3, -0.25) is 4.57 Å². The molecular formula is C13H20BrO5P. The highest BCUT2D eigenvalue weighted by Crippen LogP contribution is 2.52. The summed E-state index contributed by atoms with van der Waals surface area (Å²) in [5, 5.41) is 0. The Morgan fingerprint density at radius 2 is 1.85 bits per heavy atom. The molecule has 0 aromatic rings. The number of methoxy groups -OCH3 is 2. The summed E-state index contributed by atoms with van der Waals surface area (Å²) in [4.78, 5) is 0. The fourth-order valence-electron chi connectivity index (χ4n) is 1.76. The van der Waals surface area contributed by atoms with Gasteiger partial charge >= 0.3 is 7.60 Å². The van der Waals surface area contributed by atoms with Gasteiger partial charge in [-0.2, -0.15) is 0 Å². The third-order valence-electron chi connectivity index (χ3n) is 2.59. The molecule has 7 heteroatoms. The number of rotatable bonds is 7. The zero-order chi connectivity index (χ0) is 15.2. The molecule has 0 atom stereocenters. The van der Waals surface area contributed by atoms with Crippen molar-refractivity contribution in [3.8, 4) is 0 Å². The van der Waals surface area contributed by atoms with Gasteiger partial charge in [0.05, 0.1) is 31.9 Å². The van der Waals surface area contributed by atoms with Crippen molar-refractivity contribution in [1.29, 1.82) is 0 Å². The zero-order valence-electron chi connectivity index (χ0n) is 12.1. The van der Waals surface area contributed by atoms with Gasteiger partial charge in [-0.05, 0) is 35.9 Å². The molecule has 0 aromatic carbocycles. The monoisotopic (exact) mass is 366 g/mol. The number of ether oxygens (including phenoxy) is 2. The van der Waals surface area contributed by atoms with Crippen LogP contribution in [-0.2, 0) is 23.1 Å². The van der Waals surface area contributed by atoms with E-state index < -0.39 is 7.60 Å². The predicted octanol–water partition coefficient (Wildman–Crippen LogP) is 4.32. The number of hydrogen-bond acceptors (Lipinski definition) is 5. The summed E-state index contributed by atoms with van der Waals surface area (Å²) in [6.07, 6.45) is 2.23. The Kier molecular flexibility index (Phi) is 7.03. The molecule has 0 radical (unpaired) electrons. The average Bonchev–Trinajstić information content (AvgIpc) is 2.40. The molecule has 0 fully saturated rings. The minimum atomic E-state index is -3.27. The van der Waals surface area contributed by atoms with Crippen molar-refractivity contribution in [1.82, 2.24) is 0 Å². The molecule has 0 N–H and O–H groups in total. The molecule has 0 heterocycles. The van der Waals surface area contributed by atoms with E-state index in [9.17, 15) is 4.57 Å². The molecule has 1 aliphatic carbocycles. The van der Waals surface area contributed by atoms with E-state index in [0.717, 1.165) is 15.8 Å². The first-order valence-electron chi connectivity index (χ1n) is 6.28. The Balaban J connectivity index is 3.13. The standard InChI is InChI=1S/C13H20BrO5P/c1-5-18-20(15,19-6-2)9-10-7-13(17-4)11(14)8-12(10)16-3/h8-9H,5-7H2,1-4H3. The highest BCUT2D eigenvalue weighted by Gasteiger charge is 2.26. The Morgan fingerprint density at radius 3 is 2.30 bits per heavy atom. The fraction of sp³-hybridized carbons (Fsp3) is 0.538. The van der Waals surface area contributed by atoms with Crippen LogP contribution >= 0.6 is 23.5 Å². The van der Waals surface area contributed by atoms with Crippen molar-refractivity contribution in [3.63, 3.8) is 0 Å². The average molecular weight is 367 g/mol. The molecule has 0 bridgehead atoms. The smallest absolute Gasteiger partial charge is 0.354 e. The van der Waals surface area contributed by atoms with Gasteiger partial charge in [-0.25, -0.2) is 0 Å². The number of hydrogen-bond donors (Lipinski definition) is 0. The van der Waals surface area contributed by atoms with Crippen LogP contribution in [0.4, 0.5) is 0 Å². The molecule has 1 rings (SSSR count). The molecule has 1 aliphatic rings. The van der Waals surface area contributed by atoms with E-state index in [1.54, 1.807) is 34.1 Å². The van der Waals surface area contributed by atoms with E-state index in [4.69, 9.17) is 18.5 Å². The Hall–Kier alpha value is -0.550. The maximum Gasteiger partial charge on any atom is 0.354 e. The highest BCUT2D eigenvalue weighted by atomic mass is 79.9. The molecule has 114 valence electrons. The number of halogens is 1. The molecule has 5 nitrogen and oxygen atoms in total. The van der Waals surface area contributed by atoms with Crippen LogP contribution < -0.4 is 0 Å². The van der Waals surface area contributed by atoms with Crippen LogP contribution in [0.15, 0.2) is 33.5 Å². The van der Waals surface area contributed by atoms with E-state index >= 15 is 0 Å². The second kappa shape index (κ2) is 8.03. The minimum absolute atomic E-state index is 0.309. The molecule has 0 aliphatic heterocycles. The van der Waals surface area contributed by atoms with Crippen LogP contribution in [0.25, 0.3) is 0 Å². The van der Waals surface area contributed by atoms with E-state index in [2.05, 4.69) is 15.9 Å². The van der Waals surface area contributed by atoms with Crippen LogP contribution in [0.1, 0.15) is 20.3 Å². The molecule has 0 aromatic heterocycles. The normalized spacial score (nSPS) is 18.2. The summed E-state index contributed by atoms with van der Waals surface area (Å²) < 4.78 is 34.5. The molecule has 0 amide bonds. The SMILES string of the molecule is CCOP(=O)(C=C1CC(OC)=C(Br)C=C1OC)OCC. The Bertz CT molecular complexity index is 471. The zero-order valence-corrected chi connectivity index (χ0v) is 14.6. The molecule has 0 spiro atoms. The number of allylic oxidation sites excluding steroid dienone is 4. The van der Waals surface area contributed by atoms with Crippen LogP contribution in [0.5, 0.6) is 0 Å². The van der Waals surface area contributed by atoms with Gasteiger partial charge in [0.1, 0.15) is 11.5 Å². The largest absolute Gasteiger partial charge is 0.500 e. The van der Waals surface area contributed by atoms with Gasteiger partial charge in [0.15, 0.2) is 0 Å². The molecule has 20 heavy (non-hydrogen) atoms. The minimum Gasteiger partial charge on any atom is -0.500 e. The van der Waals surface area contributed by atoms with Crippen molar-refractivity contribution in [2.24, 2.45) is 0 Å². The van der Waals surface area contributed by atoms with Crippen LogP contribution in [0, 0.1) is 0 Å². The quantitative estimate of drug-likeness (QED) is 0.628. The molecule has 0 saturated carbocycles. The van der Waals surface area contributed by atoms with E-state index in [1.165, 1.54) is 5.82 Å². The van der Waals surface area contributed by atoms with Crippen LogP contribution in [0.3, 0.4) is 0 Å². The van der Waals surface area contributed by atoms with Gasteiger partial charge in [0.2, 0.25) is 0 Å². The van der Waals surface area contributed by atoms with Crippen molar-refractivity contribution in [2.45, 2.75) is 20.3 Å².